The first kappa shape index (κ1) is 17.9. The zero-order valence-electron chi connectivity index (χ0n) is 13.9. The van der Waals surface area contributed by atoms with Crippen molar-refractivity contribution in [1.29, 1.82) is 0 Å². The van der Waals surface area contributed by atoms with Crippen LogP contribution >= 0.6 is 0 Å². The number of benzene rings is 2. The summed E-state index contributed by atoms with van der Waals surface area (Å²) in [4.78, 5) is 0.271. The van der Waals surface area contributed by atoms with Crippen molar-refractivity contribution in [2.75, 3.05) is 24.4 Å². The second-order valence-electron chi connectivity index (χ2n) is 5.89. The van der Waals surface area contributed by atoms with Gasteiger partial charge in [-0.2, -0.15) is 4.31 Å². The van der Waals surface area contributed by atoms with Crippen molar-refractivity contribution >= 4 is 25.7 Å². The molecule has 0 bridgehead atoms. The summed E-state index contributed by atoms with van der Waals surface area (Å²) in [7, 11) is -5.92. The molecule has 0 spiro atoms. The predicted octanol–water partition coefficient (Wildman–Crippen LogP) is 2.30. The molecule has 0 saturated carbocycles. The molecule has 25 heavy (non-hydrogen) atoms. The zero-order chi connectivity index (χ0) is 18.1. The van der Waals surface area contributed by atoms with Crippen LogP contribution in [0.15, 0.2) is 64.4 Å². The first-order valence-corrected chi connectivity index (χ1v) is 10.9. The van der Waals surface area contributed by atoms with Crippen LogP contribution in [-0.2, 0) is 20.0 Å². The van der Waals surface area contributed by atoms with E-state index in [1.165, 1.54) is 35.6 Å². The lowest BCUT2D eigenvalue weighted by atomic mass is 10.3. The number of anilines is 1. The van der Waals surface area contributed by atoms with E-state index in [2.05, 4.69) is 0 Å². The van der Waals surface area contributed by atoms with Gasteiger partial charge < -0.3 is 0 Å². The summed E-state index contributed by atoms with van der Waals surface area (Å²) in [6, 6.07) is 14.1. The Hall–Kier alpha value is -1.90. The Balaban J connectivity index is 1.96. The van der Waals surface area contributed by atoms with E-state index < -0.39 is 20.0 Å². The Kier molecular flexibility index (Phi) is 4.86. The van der Waals surface area contributed by atoms with Crippen LogP contribution < -0.4 is 4.31 Å². The highest BCUT2D eigenvalue weighted by Crippen LogP contribution is 2.27. The third-order valence-corrected chi connectivity index (χ3v) is 7.98. The average molecular weight is 380 g/mol. The van der Waals surface area contributed by atoms with E-state index in [4.69, 9.17) is 0 Å². The van der Waals surface area contributed by atoms with Gasteiger partial charge in [-0.15, -0.1) is 0 Å². The van der Waals surface area contributed by atoms with Gasteiger partial charge in [0.15, 0.2) is 0 Å². The average Bonchev–Trinajstić information content (AvgIpc) is 3.17. The van der Waals surface area contributed by atoms with E-state index in [1.54, 1.807) is 30.3 Å². The normalized spacial score (nSPS) is 16.0. The van der Waals surface area contributed by atoms with E-state index in [0.717, 1.165) is 17.1 Å². The van der Waals surface area contributed by atoms with E-state index >= 15 is 0 Å². The predicted molar refractivity (Wildman–Crippen MR) is 96.5 cm³/mol. The maximum atomic E-state index is 12.7. The molecule has 1 aliphatic heterocycles. The molecule has 0 N–H and O–H groups in total. The topological polar surface area (TPSA) is 74.8 Å². The lowest BCUT2D eigenvalue weighted by Gasteiger charge is -2.21. The fraction of sp³-hybridized carbons (Fsp3) is 0.294. The van der Waals surface area contributed by atoms with Crippen LogP contribution in [0.25, 0.3) is 0 Å². The largest absolute Gasteiger partial charge is 0.269 e. The summed E-state index contributed by atoms with van der Waals surface area (Å²) in [5, 5.41) is 0. The molecule has 1 fully saturated rings. The highest BCUT2D eigenvalue weighted by Gasteiger charge is 2.28. The molecule has 8 heteroatoms. The van der Waals surface area contributed by atoms with Crippen molar-refractivity contribution < 1.29 is 16.8 Å². The zero-order valence-corrected chi connectivity index (χ0v) is 15.5. The molecule has 0 aliphatic carbocycles. The quantitative estimate of drug-likeness (QED) is 0.798. The third kappa shape index (κ3) is 3.42. The molecule has 1 heterocycles. The minimum absolute atomic E-state index is 0.113. The molecule has 134 valence electrons. The second-order valence-corrected chi connectivity index (χ2v) is 9.80. The molecule has 1 saturated heterocycles. The highest BCUT2D eigenvalue weighted by atomic mass is 32.2. The van der Waals surface area contributed by atoms with Gasteiger partial charge in [0.25, 0.3) is 10.0 Å². The van der Waals surface area contributed by atoms with Crippen molar-refractivity contribution in [3.05, 3.63) is 54.6 Å². The van der Waals surface area contributed by atoms with Gasteiger partial charge in [-0.3, -0.25) is 4.31 Å². The number of hydrogen-bond donors (Lipinski definition) is 0. The maximum Gasteiger partial charge on any atom is 0.264 e. The Bertz CT molecular complexity index is 951. The molecule has 2 aromatic carbocycles. The van der Waals surface area contributed by atoms with Gasteiger partial charge in [-0.1, -0.05) is 24.3 Å². The minimum atomic E-state index is -3.75. The first-order chi connectivity index (χ1) is 11.8. The molecule has 0 unspecified atom stereocenters. The van der Waals surface area contributed by atoms with Crippen molar-refractivity contribution in [2.24, 2.45) is 0 Å². The summed E-state index contributed by atoms with van der Waals surface area (Å²) >= 11 is 0. The molecular formula is C17H20N2O4S2. The molecule has 0 radical (unpaired) electrons. The molecule has 0 aromatic heterocycles. The van der Waals surface area contributed by atoms with Gasteiger partial charge in [-0.05, 0) is 43.2 Å². The fourth-order valence-electron chi connectivity index (χ4n) is 2.81. The van der Waals surface area contributed by atoms with Crippen molar-refractivity contribution in [3.63, 3.8) is 0 Å². The van der Waals surface area contributed by atoms with Gasteiger partial charge in [0.1, 0.15) is 0 Å². The number of hydrogen-bond acceptors (Lipinski definition) is 4. The number of rotatable bonds is 5. The Morgan fingerprint density at radius 1 is 0.840 bits per heavy atom. The lowest BCUT2D eigenvalue weighted by Crippen LogP contribution is -2.29. The molecule has 1 aliphatic rings. The van der Waals surface area contributed by atoms with Gasteiger partial charge in [0.2, 0.25) is 10.0 Å². The van der Waals surface area contributed by atoms with Crippen LogP contribution in [0.3, 0.4) is 0 Å². The standard InChI is InChI=1S/C17H20N2O4S2/c1-18(24(20,21)16-9-3-2-4-10-16)15-8-7-11-17(14-15)25(22,23)19-12-5-6-13-19/h2-4,7-11,14H,5-6,12-13H2,1H3. The summed E-state index contributed by atoms with van der Waals surface area (Å²) in [5.41, 5.74) is 0.309. The van der Waals surface area contributed by atoms with Gasteiger partial charge in [0.05, 0.1) is 15.5 Å². The van der Waals surface area contributed by atoms with Gasteiger partial charge in [0, 0.05) is 20.1 Å². The Labute approximate surface area is 148 Å². The summed E-state index contributed by atoms with van der Waals surface area (Å²) in [6.45, 7) is 1.01. The summed E-state index contributed by atoms with van der Waals surface area (Å²) < 4.78 is 53.4. The monoisotopic (exact) mass is 380 g/mol. The lowest BCUT2D eigenvalue weighted by molar-refractivity contribution is 0.477. The first-order valence-electron chi connectivity index (χ1n) is 7.98. The maximum absolute atomic E-state index is 12.7. The van der Waals surface area contributed by atoms with Gasteiger partial charge >= 0.3 is 0 Å². The Morgan fingerprint density at radius 3 is 2.08 bits per heavy atom. The van der Waals surface area contributed by atoms with Crippen LogP contribution in [0.5, 0.6) is 0 Å². The summed E-state index contributed by atoms with van der Waals surface area (Å²) in [5.74, 6) is 0. The van der Waals surface area contributed by atoms with Crippen LogP contribution in [0.1, 0.15) is 12.8 Å². The minimum Gasteiger partial charge on any atom is -0.269 e. The Morgan fingerprint density at radius 2 is 1.44 bits per heavy atom. The van der Waals surface area contributed by atoms with Crippen LogP contribution in [-0.4, -0.2) is 41.3 Å². The van der Waals surface area contributed by atoms with Crippen molar-refractivity contribution in [1.82, 2.24) is 4.31 Å². The number of nitrogens with zero attached hydrogens (tertiary/aromatic N) is 2. The number of sulfonamides is 2. The van der Waals surface area contributed by atoms with Crippen LogP contribution in [0, 0.1) is 0 Å². The van der Waals surface area contributed by atoms with Crippen LogP contribution in [0.2, 0.25) is 0 Å². The fourth-order valence-corrected chi connectivity index (χ4v) is 5.57. The SMILES string of the molecule is CN(c1cccc(S(=O)(=O)N2CCCC2)c1)S(=O)(=O)c1ccccc1. The highest BCUT2D eigenvalue weighted by molar-refractivity contribution is 7.92. The van der Waals surface area contributed by atoms with E-state index in [0.29, 0.717) is 18.8 Å². The molecule has 2 aromatic rings. The van der Waals surface area contributed by atoms with Crippen molar-refractivity contribution in [2.45, 2.75) is 22.6 Å². The second kappa shape index (κ2) is 6.78. The molecule has 0 amide bonds. The van der Waals surface area contributed by atoms with E-state index in [9.17, 15) is 16.8 Å². The smallest absolute Gasteiger partial charge is 0.264 e. The molecule has 3 rings (SSSR count). The molecule has 6 nitrogen and oxygen atoms in total. The third-order valence-electron chi connectivity index (χ3n) is 4.29. The molecular weight excluding hydrogens is 360 g/mol. The summed E-state index contributed by atoms with van der Waals surface area (Å²) in [6.07, 6.45) is 1.70. The van der Waals surface area contributed by atoms with Crippen LogP contribution in [0.4, 0.5) is 5.69 Å². The van der Waals surface area contributed by atoms with E-state index in [1.807, 2.05) is 0 Å². The van der Waals surface area contributed by atoms with E-state index in [-0.39, 0.29) is 9.79 Å². The van der Waals surface area contributed by atoms with Crippen molar-refractivity contribution in [3.8, 4) is 0 Å². The van der Waals surface area contributed by atoms with Gasteiger partial charge in [-0.25, -0.2) is 16.8 Å². The molecule has 0 atom stereocenters.